The average molecular weight is 280 g/mol. The predicted molar refractivity (Wildman–Crippen MR) is 75.0 cm³/mol. The maximum absolute atomic E-state index is 13.1. The molecule has 0 spiro atoms. The quantitative estimate of drug-likeness (QED) is 0.893. The molecule has 0 amide bonds. The van der Waals surface area contributed by atoms with Crippen molar-refractivity contribution in [2.45, 2.75) is 25.9 Å². The van der Waals surface area contributed by atoms with E-state index >= 15 is 0 Å². The van der Waals surface area contributed by atoms with Gasteiger partial charge in [0, 0.05) is 32.7 Å². The van der Waals surface area contributed by atoms with Gasteiger partial charge in [0.05, 0.1) is 0 Å². The normalized spacial score (nSPS) is 18.9. The Kier molecular flexibility index (Phi) is 5.09. The summed E-state index contributed by atoms with van der Waals surface area (Å²) in [4.78, 5) is 15.4. The van der Waals surface area contributed by atoms with Crippen LogP contribution in [0, 0.1) is 5.82 Å². The van der Waals surface area contributed by atoms with Crippen molar-refractivity contribution in [3.8, 4) is 0 Å². The first kappa shape index (κ1) is 14.9. The van der Waals surface area contributed by atoms with Gasteiger partial charge in [0.25, 0.3) is 0 Å². The third kappa shape index (κ3) is 3.77. The Balaban J connectivity index is 1.86. The van der Waals surface area contributed by atoms with E-state index in [4.69, 9.17) is 5.11 Å². The van der Waals surface area contributed by atoms with Crippen LogP contribution in [-0.4, -0.2) is 53.1 Å². The largest absolute Gasteiger partial charge is 0.480 e. The van der Waals surface area contributed by atoms with Gasteiger partial charge in [-0.3, -0.25) is 14.6 Å². The smallest absolute Gasteiger partial charge is 0.320 e. The van der Waals surface area contributed by atoms with Crippen LogP contribution in [0.5, 0.6) is 0 Å². The van der Waals surface area contributed by atoms with E-state index in [1.165, 1.54) is 6.07 Å². The first-order valence-electron chi connectivity index (χ1n) is 7.04. The van der Waals surface area contributed by atoms with E-state index in [-0.39, 0.29) is 11.9 Å². The van der Waals surface area contributed by atoms with E-state index in [9.17, 15) is 9.18 Å². The van der Waals surface area contributed by atoms with Gasteiger partial charge >= 0.3 is 5.97 Å². The Morgan fingerprint density at radius 1 is 1.35 bits per heavy atom. The minimum Gasteiger partial charge on any atom is -0.480 e. The highest BCUT2D eigenvalue weighted by atomic mass is 19.1. The lowest BCUT2D eigenvalue weighted by molar-refractivity contribution is -0.144. The van der Waals surface area contributed by atoms with E-state index in [2.05, 4.69) is 4.90 Å². The van der Waals surface area contributed by atoms with Gasteiger partial charge in [-0.15, -0.1) is 0 Å². The lowest BCUT2D eigenvalue weighted by Gasteiger charge is -2.37. The summed E-state index contributed by atoms with van der Waals surface area (Å²) in [5.74, 6) is -0.954. The van der Waals surface area contributed by atoms with E-state index < -0.39 is 5.97 Å². The van der Waals surface area contributed by atoms with E-state index in [1.54, 1.807) is 12.1 Å². The molecule has 1 N–H and O–H groups in total. The van der Waals surface area contributed by atoms with Crippen molar-refractivity contribution < 1.29 is 14.3 Å². The SMILES string of the molecule is CCC(C(=O)O)N1CCN(Cc2cccc(F)c2)CC1. The van der Waals surface area contributed by atoms with Gasteiger partial charge < -0.3 is 5.11 Å². The number of aliphatic carboxylic acids is 1. The lowest BCUT2D eigenvalue weighted by atomic mass is 10.1. The standard InChI is InChI=1S/C15H21FN2O2/c1-2-14(15(19)20)18-8-6-17(7-9-18)11-12-4-3-5-13(16)10-12/h3-5,10,14H,2,6-9,11H2,1H3,(H,19,20). The Hall–Kier alpha value is -1.46. The monoisotopic (exact) mass is 280 g/mol. The molecule has 0 saturated carbocycles. The van der Waals surface area contributed by atoms with Crippen LogP contribution >= 0.6 is 0 Å². The molecule has 5 heteroatoms. The maximum atomic E-state index is 13.1. The molecule has 110 valence electrons. The zero-order chi connectivity index (χ0) is 14.5. The molecule has 1 aliphatic rings. The number of hydrogen-bond donors (Lipinski definition) is 1. The van der Waals surface area contributed by atoms with Crippen LogP contribution in [0.2, 0.25) is 0 Å². The van der Waals surface area contributed by atoms with Gasteiger partial charge in [0.1, 0.15) is 11.9 Å². The molecule has 1 atom stereocenters. The Bertz CT molecular complexity index is 459. The van der Waals surface area contributed by atoms with E-state index in [0.29, 0.717) is 6.42 Å². The average Bonchev–Trinajstić information content (AvgIpc) is 2.41. The van der Waals surface area contributed by atoms with Crippen molar-refractivity contribution in [1.82, 2.24) is 9.80 Å². The third-order valence-corrected chi connectivity index (χ3v) is 3.81. The predicted octanol–water partition coefficient (Wildman–Crippen LogP) is 1.81. The van der Waals surface area contributed by atoms with Crippen LogP contribution in [0.4, 0.5) is 4.39 Å². The Morgan fingerprint density at radius 3 is 2.60 bits per heavy atom. The second kappa shape index (κ2) is 6.81. The highest BCUT2D eigenvalue weighted by Crippen LogP contribution is 2.13. The number of rotatable bonds is 5. The van der Waals surface area contributed by atoms with Crippen LogP contribution in [0.1, 0.15) is 18.9 Å². The zero-order valence-corrected chi connectivity index (χ0v) is 11.8. The lowest BCUT2D eigenvalue weighted by Crippen LogP contribution is -2.52. The van der Waals surface area contributed by atoms with Crippen molar-refractivity contribution in [3.05, 3.63) is 35.6 Å². The maximum Gasteiger partial charge on any atom is 0.320 e. The van der Waals surface area contributed by atoms with Gasteiger partial charge in [-0.25, -0.2) is 4.39 Å². The second-order valence-corrected chi connectivity index (χ2v) is 5.20. The Labute approximate surface area is 118 Å². The molecule has 1 saturated heterocycles. The van der Waals surface area contributed by atoms with Gasteiger partial charge in [0.2, 0.25) is 0 Å². The summed E-state index contributed by atoms with van der Waals surface area (Å²) < 4.78 is 13.1. The number of carbonyl (C=O) groups is 1. The number of piperazine rings is 1. The van der Waals surface area contributed by atoms with Crippen LogP contribution in [-0.2, 0) is 11.3 Å². The topological polar surface area (TPSA) is 43.8 Å². The van der Waals surface area contributed by atoms with Crippen LogP contribution in [0.15, 0.2) is 24.3 Å². The molecule has 2 rings (SSSR count). The second-order valence-electron chi connectivity index (χ2n) is 5.20. The summed E-state index contributed by atoms with van der Waals surface area (Å²) >= 11 is 0. The fourth-order valence-electron chi connectivity index (χ4n) is 2.72. The Morgan fingerprint density at radius 2 is 2.05 bits per heavy atom. The summed E-state index contributed by atoms with van der Waals surface area (Å²) in [7, 11) is 0. The zero-order valence-electron chi connectivity index (χ0n) is 11.8. The molecule has 1 aliphatic heterocycles. The van der Waals surface area contributed by atoms with E-state index in [1.807, 2.05) is 17.9 Å². The minimum atomic E-state index is -0.744. The van der Waals surface area contributed by atoms with Crippen molar-refractivity contribution in [1.29, 1.82) is 0 Å². The highest BCUT2D eigenvalue weighted by Gasteiger charge is 2.27. The van der Waals surface area contributed by atoms with Crippen LogP contribution in [0.25, 0.3) is 0 Å². The molecule has 1 aromatic rings. The van der Waals surface area contributed by atoms with Crippen molar-refractivity contribution in [2.24, 2.45) is 0 Å². The summed E-state index contributed by atoms with van der Waals surface area (Å²) in [6, 6.07) is 6.25. The molecule has 0 aromatic heterocycles. The van der Waals surface area contributed by atoms with Crippen molar-refractivity contribution in [3.63, 3.8) is 0 Å². The van der Waals surface area contributed by atoms with Gasteiger partial charge in [-0.05, 0) is 24.1 Å². The third-order valence-electron chi connectivity index (χ3n) is 3.81. The van der Waals surface area contributed by atoms with Crippen molar-refractivity contribution in [2.75, 3.05) is 26.2 Å². The molecular formula is C15H21FN2O2. The molecule has 0 aliphatic carbocycles. The fourth-order valence-corrected chi connectivity index (χ4v) is 2.72. The van der Waals surface area contributed by atoms with Crippen molar-refractivity contribution >= 4 is 5.97 Å². The number of carboxylic acid groups (broad SMARTS) is 1. The molecule has 1 heterocycles. The molecular weight excluding hydrogens is 259 g/mol. The number of hydrogen-bond acceptors (Lipinski definition) is 3. The summed E-state index contributed by atoms with van der Waals surface area (Å²) in [6.07, 6.45) is 0.624. The summed E-state index contributed by atoms with van der Waals surface area (Å²) in [5.41, 5.74) is 0.962. The minimum absolute atomic E-state index is 0.210. The van der Waals surface area contributed by atoms with Crippen LogP contribution < -0.4 is 0 Å². The number of carboxylic acids is 1. The molecule has 1 unspecified atom stereocenters. The van der Waals surface area contributed by atoms with Crippen LogP contribution in [0.3, 0.4) is 0 Å². The number of halogens is 1. The summed E-state index contributed by atoms with van der Waals surface area (Å²) in [5, 5.41) is 9.16. The molecule has 1 aromatic carbocycles. The number of nitrogens with zero attached hydrogens (tertiary/aromatic N) is 2. The van der Waals surface area contributed by atoms with Gasteiger partial charge in [0.15, 0.2) is 0 Å². The van der Waals surface area contributed by atoms with Gasteiger partial charge in [-0.1, -0.05) is 19.1 Å². The highest BCUT2D eigenvalue weighted by molar-refractivity contribution is 5.73. The first-order valence-corrected chi connectivity index (χ1v) is 7.04. The molecule has 1 fully saturated rings. The molecule has 4 nitrogen and oxygen atoms in total. The fraction of sp³-hybridized carbons (Fsp3) is 0.533. The number of benzene rings is 1. The first-order chi connectivity index (χ1) is 9.60. The van der Waals surface area contributed by atoms with Gasteiger partial charge in [-0.2, -0.15) is 0 Å². The molecule has 0 bridgehead atoms. The molecule has 0 radical (unpaired) electrons. The summed E-state index contributed by atoms with van der Waals surface area (Å²) in [6.45, 7) is 5.76. The van der Waals surface area contributed by atoms with E-state index in [0.717, 1.165) is 38.3 Å². The molecule has 20 heavy (non-hydrogen) atoms.